The van der Waals surface area contributed by atoms with Crippen molar-refractivity contribution in [1.29, 1.82) is 0 Å². The predicted octanol–water partition coefficient (Wildman–Crippen LogP) is 6.61. The third-order valence-corrected chi connectivity index (χ3v) is 4.94. The van der Waals surface area contributed by atoms with Crippen LogP contribution in [0.5, 0.6) is 0 Å². The van der Waals surface area contributed by atoms with Crippen LogP contribution < -0.4 is 5.73 Å². The van der Waals surface area contributed by atoms with E-state index in [2.05, 4.69) is 4.98 Å². The highest BCUT2D eigenvalue weighted by atomic mass is 35.5. The van der Waals surface area contributed by atoms with Gasteiger partial charge in [-0.2, -0.15) is 0 Å². The Morgan fingerprint density at radius 3 is 1.57 bits per heavy atom. The van der Waals surface area contributed by atoms with Gasteiger partial charge in [-0.3, -0.25) is 0 Å². The molecule has 1 heterocycles. The molecule has 2 nitrogen and oxygen atoms in total. The highest BCUT2D eigenvalue weighted by Gasteiger charge is 2.13. The molecule has 2 N–H and O–H groups in total. The van der Waals surface area contributed by atoms with Crippen molar-refractivity contribution in [3.05, 3.63) is 68.6 Å². The molecule has 0 aliphatic carbocycles. The summed E-state index contributed by atoms with van der Waals surface area (Å²) in [6.45, 7) is 0. The van der Waals surface area contributed by atoms with Crippen LogP contribution in [0.15, 0.2) is 48.5 Å². The second kappa shape index (κ2) is 6.58. The van der Waals surface area contributed by atoms with Crippen LogP contribution in [0.25, 0.3) is 22.5 Å². The number of pyridine rings is 1. The molecule has 3 aromatic rings. The zero-order valence-corrected chi connectivity index (χ0v) is 14.7. The van der Waals surface area contributed by atoms with Gasteiger partial charge in [-0.15, -0.1) is 0 Å². The molecule has 1 aromatic heterocycles. The Kier molecular flexibility index (Phi) is 4.69. The number of nitrogen functional groups attached to an aromatic ring is 1. The number of aromatic nitrogens is 1. The highest BCUT2D eigenvalue weighted by molar-refractivity contribution is 6.44. The van der Waals surface area contributed by atoms with Crippen LogP contribution >= 0.6 is 46.4 Å². The molecule has 0 fully saturated rings. The molecule has 0 unspecified atom stereocenters. The Hall–Kier alpha value is -1.45. The smallest absolute Gasteiger partial charge is 0.0745 e. The third kappa shape index (κ3) is 3.26. The maximum Gasteiger partial charge on any atom is 0.0745 e. The maximum atomic E-state index is 6.28. The molecule has 23 heavy (non-hydrogen) atoms. The van der Waals surface area contributed by atoms with E-state index < -0.39 is 0 Å². The minimum Gasteiger partial charge on any atom is -0.399 e. The fraction of sp³-hybridized carbons (Fsp3) is 0. The monoisotopic (exact) mass is 382 g/mol. The number of hydrogen-bond donors (Lipinski definition) is 1. The molecule has 0 atom stereocenters. The number of halogens is 4. The second-order valence-electron chi connectivity index (χ2n) is 4.87. The van der Waals surface area contributed by atoms with Crippen LogP contribution in [0.1, 0.15) is 0 Å². The van der Waals surface area contributed by atoms with E-state index in [0.29, 0.717) is 48.3 Å². The van der Waals surface area contributed by atoms with Gasteiger partial charge in [0.1, 0.15) is 0 Å². The van der Waals surface area contributed by atoms with Crippen LogP contribution in [-0.4, -0.2) is 4.98 Å². The molecule has 116 valence electrons. The summed E-state index contributed by atoms with van der Waals surface area (Å²) in [6.07, 6.45) is 0. The first-order valence-electron chi connectivity index (χ1n) is 6.63. The molecular formula is C17H10Cl4N2. The highest BCUT2D eigenvalue weighted by Crippen LogP contribution is 2.37. The summed E-state index contributed by atoms with van der Waals surface area (Å²) >= 11 is 24.7. The quantitative estimate of drug-likeness (QED) is 0.540. The zero-order valence-electron chi connectivity index (χ0n) is 11.7. The minimum absolute atomic E-state index is 0.426. The van der Waals surface area contributed by atoms with Crippen molar-refractivity contribution in [2.45, 2.75) is 0 Å². The average molecular weight is 384 g/mol. The first-order valence-corrected chi connectivity index (χ1v) is 8.15. The SMILES string of the molecule is Nc1cc(-c2cccc(Cl)c2Cl)nc(-c2cccc(Cl)c2Cl)c1. The van der Waals surface area contributed by atoms with E-state index in [0.717, 1.165) is 0 Å². The number of nitrogens with zero attached hydrogens (tertiary/aromatic N) is 1. The maximum absolute atomic E-state index is 6.28. The molecular weight excluding hydrogens is 374 g/mol. The van der Waals surface area contributed by atoms with Gasteiger partial charge in [0, 0.05) is 16.8 Å². The van der Waals surface area contributed by atoms with Crippen molar-refractivity contribution in [2.24, 2.45) is 0 Å². The van der Waals surface area contributed by atoms with Crippen LogP contribution in [0.2, 0.25) is 20.1 Å². The van der Waals surface area contributed by atoms with Crippen LogP contribution in [0.4, 0.5) is 5.69 Å². The Labute approximate surface area is 153 Å². The Balaban J connectivity index is 2.21. The molecule has 0 aliphatic rings. The number of nitrogens with two attached hydrogens (primary N) is 1. The number of benzene rings is 2. The van der Waals surface area contributed by atoms with Gasteiger partial charge >= 0.3 is 0 Å². The van der Waals surface area contributed by atoms with E-state index in [1.807, 2.05) is 12.1 Å². The van der Waals surface area contributed by atoms with Gasteiger partial charge in [-0.25, -0.2) is 4.98 Å². The fourth-order valence-electron chi connectivity index (χ4n) is 2.23. The molecule has 0 radical (unpaired) electrons. The van der Waals surface area contributed by atoms with Gasteiger partial charge in [0.05, 0.1) is 31.5 Å². The lowest BCUT2D eigenvalue weighted by molar-refractivity contribution is 1.32. The molecule has 2 aromatic carbocycles. The summed E-state index contributed by atoms with van der Waals surface area (Å²) in [4.78, 5) is 4.61. The van der Waals surface area contributed by atoms with Crippen molar-refractivity contribution in [2.75, 3.05) is 5.73 Å². The first-order chi connectivity index (χ1) is 11.0. The molecule has 0 saturated carbocycles. The molecule has 0 amide bonds. The molecule has 6 heteroatoms. The largest absolute Gasteiger partial charge is 0.399 e. The Morgan fingerprint density at radius 2 is 1.13 bits per heavy atom. The van der Waals surface area contributed by atoms with Crippen molar-refractivity contribution < 1.29 is 0 Å². The first kappa shape index (κ1) is 16.4. The summed E-state index contributed by atoms with van der Waals surface area (Å²) in [5.41, 5.74) is 9.19. The van der Waals surface area contributed by atoms with Crippen molar-refractivity contribution in [3.63, 3.8) is 0 Å². The minimum atomic E-state index is 0.426. The van der Waals surface area contributed by atoms with Gasteiger partial charge in [0.15, 0.2) is 0 Å². The van der Waals surface area contributed by atoms with E-state index in [4.69, 9.17) is 52.1 Å². The van der Waals surface area contributed by atoms with E-state index in [1.165, 1.54) is 0 Å². The second-order valence-corrected chi connectivity index (χ2v) is 6.44. The molecule has 0 bridgehead atoms. The lowest BCUT2D eigenvalue weighted by Crippen LogP contribution is -1.94. The molecule has 0 aliphatic heterocycles. The van der Waals surface area contributed by atoms with Crippen molar-refractivity contribution >= 4 is 52.1 Å². The van der Waals surface area contributed by atoms with E-state index in [9.17, 15) is 0 Å². The van der Waals surface area contributed by atoms with Gasteiger partial charge < -0.3 is 5.73 Å². The van der Waals surface area contributed by atoms with Gasteiger partial charge in [0.25, 0.3) is 0 Å². The lowest BCUT2D eigenvalue weighted by Gasteiger charge is -2.11. The summed E-state index contributed by atoms with van der Waals surface area (Å²) in [7, 11) is 0. The standard InChI is InChI=1S/C17H10Cl4N2/c18-12-5-1-3-10(16(12)20)14-7-9(22)8-15(23-14)11-4-2-6-13(19)17(11)21/h1-8H,(H2,22,23). The third-order valence-electron chi connectivity index (χ3n) is 3.30. The average Bonchev–Trinajstić information content (AvgIpc) is 2.52. The fourth-order valence-corrected chi connectivity index (χ4v) is 3.03. The van der Waals surface area contributed by atoms with Crippen LogP contribution in [0, 0.1) is 0 Å². The molecule has 0 saturated heterocycles. The van der Waals surface area contributed by atoms with Crippen molar-refractivity contribution in [3.8, 4) is 22.5 Å². The lowest BCUT2D eigenvalue weighted by atomic mass is 10.1. The Bertz CT molecular complexity index is 824. The topological polar surface area (TPSA) is 38.9 Å². The van der Waals surface area contributed by atoms with Gasteiger partial charge in [-0.1, -0.05) is 70.7 Å². The zero-order chi connectivity index (χ0) is 16.6. The van der Waals surface area contributed by atoms with Crippen molar-refractivity contribution in [1.82, 2.24) is 4.98 Å². The van der Waals surface area contributed by atoms with Gasteiger partial charge in [-0.05, 0) is 24.3 Å². The van der Waals surface area contributed by atoms with E-state index in [1.54, 1.807) is 36.4 Å². The van der Waals surface area contributed by atoms with E-state index >= 15 is 0 Å². The summed E-state index contributed by atoms with van der Waals surface area (Å²) in [6, 6.07) is 14.2. The predicted molar refractivity (Wildman–Crippen MR) is 99.6 cm³/mol. The Morgan fingerprint density at radius 1 is 0.696 bits per heavy atom. The summed E-state index contributed by atoms with van der Waals surface area (Å²) in [5.74, 6) is 0. The summed E-state index contributed by atoms with van der Waals surface area (Å²) in [5, 5.41) is 1.76. The van der Waals surface area contributed by atoms with Crippen LogP contribution in [0.3, 0.4) is 0 Å². The number of rotatable bonds is 2. The van der Waals surface area contributed by atoms with E-state index in [-0.39, 0.29) is 0 Å². The van der Waals surface area contributed by atoms with Gasteiger partial charge in [0.2, 0.25) is 0 Å². The number of hydrogen-bond acceptors (Lipinski definition) is 2. The molecule has 0 spiro atoms. The summed E-state index contributed by atoms with van der Waals surface area (Å²) < 4.78 is 0. The number of anilines is 1. The molecule has 3 rings (SSSR count). The van der Waals surface area contributed by atoms with Crippen LogP contribution in [-0.2, 0) is 0 Å². The normalized spacial score (nSPS) is 10.8.